The van der Waals surface area contributed by atoms with E-state index in [0.717, 1.165) is 22.9 Å². The predicted octanol–water partition coefficient (Wildman–Crippen LogP) is 5.83. The zero-order valence-electron chi connectivity index (χ0n) is 13.8. The van der Waals surface area contributed by atoms with Crippen LogP contribution in [-0.2, 0) is 6.61 Å². The van der Waals surface area contributed by atoms with Gasteiger partial charge in [-0.25, -0.2) is 0 Å². The molecule has 0 saturated carbocycles. The minimum Gasteiger partial charge on any atom is -0.489 e. The van der Waals surface area contributed by atoms with E-state index in [1.807, 2.05) is 54.6 Å². The van der Waals surface area contributed by atoms with Crippen molar-refractivity contribution in [2.24, 2.45) is 0 Å². The molecule has 0 unspecified atom stereocenters. The summed E-state index contributed by atoms with van der Waals surface area (Å²) in [5, 5.41) is 11.3. The van der Waals surface area contributed by atoms with E-state index >= 15 is 0 Å². The number of benzene rings is 3. The average molecular weight is 366 g/mol. The van der Waals surface area contributed by atoms with E-state index in [0.29, 0.717) is 22.9 Å². The van der Waals surface area contributed by atoms with E-state index in [1.54, 1.807) is 18.2 Å². The van der Waals surface area contributed by atoms with Gasteiger partial charge in [-0.05, 0) is 34.9 Å². The van der Waals surface area contributed by atoms with Crippen molar-refractivity contribution in [1.29, 1.82) is 0 Å². The fourth-order valence-corrected chi connectivity index (χ4v) is 2.80. The van der Waals surface area contributed by atoms with Crippen LogP contribution in [-0.4, -0.2) is 4.92 Å². The quantitative estimate of drug-likeness (QED) is 0.407. The van der Waals surface area contributed by atoms with Crippen molar-refractivity contribution < 1.29 is 9.66 Å². The Morgan fingerprint density at radius 1 is 0.962 bits per heavy atom. The molecule has 0 heterocycles. The van der Waals surface area contributed by atoms with Gasteiger partial charge in [0, 0.05) is 16.7 Å². The van der Waals surface area contributed by atoms with Crippen LogP contribution in [0.3, 0.4) is 0 Å². The molecule has 0 bridgehead atoms. The Morgan fingerprint density at radius 2 is 1.69 bits per heavy atom. The second-order valence-electron chi connectivity index (χ2n) is 5.60. The van der Waals surface area contributed by atoms with Crippen LogP contribution in [0.5, 0.6) is 5.75 Å². The molecule has 4 nitrogen and oxygen atoms in total. The number of hydrogen-bond acceptors (Lipinski definition) is 3. The third-order valence-corrected chi connectivity index (χ3v) is 4.14. The van der Waals surface area contributed by atoms with Gasteiger partial charge in [0.15, 0.2) is 0 Å². The number of nitrogens with zero attached hydrogens (tertiary/aromatic N) is 1. The first kappa shape index (κ1) is 17.7. The van der Waals surface area contributed by atoms with Crippen LogP contribution >= 0.6 is 11.6 Å². The lowest BCUT2D eigenvalue weighted by Crippen LogP contribution is -1.96. The first-order chi connectivity index (χ1) is 12.6. The summed E-state index contributed by atoms with van der Waals surface area (Å²) < 4.78 is 5.87. The van der Waals surface area contributed by atoms with E-state index in [9.17, 15) is 10.1 Å². The second kappa shape index (κ2) is 8.32. The first-order valence-electron chi connectivity index (χ1n) is 8.01. The molecule has 0 aliphatic rings. The van der Waals surface area contributed by atoms with Gasteiger partial charge in [0.05, 0.1) is 4.92 Å². The lowest BCUT2D eigenvalue weighted by Gasteiger charge is -2.12. The zero-order valence-corrected chi connectivity index (χ0v) is 14.6. The van der Waals surface area contributed by atoms with Crippen LogP contribution in [0.4, 0.5) is 0 Å². The summed E-state index contributed by atoms with van der Waals surface area (Å²) in [7, 11) is 0. The van der Waals surface area contributed by atoms with Gasteiger partial charge in [0.2, 0.25) is 6.20 Å². The first-order valence-corrected chi connectivity index (χ1v) is 8.38. The molecule has 0 aliphatic carbocycles. The van der Waals surface area contributed by atoms with Crippen molar-refractivity contribution in [2.45, 2.75) is 6.61 Å². The monoisotopic (exact) mass is 365 g/mol. The van der Waals surface area contributed by atoms with Crippen LogP contribution in [0.1, 0.15) is 11.1 Å². The molecule has 130 valence electrons. The normalized spacial score (nSPS) is 10.8. The molecule has 0 aliphatic heterocycles. The van der Waals surface area contributed by atoms with Gasteiger partial charge < -0.3 is 4.74 Å². The Morgan fingerprint density at radius 3 is 2.42 bits per heavy atom. The van der Waals surface area contributed by atoms with E-state index in [4.69, 9.17) is 16.3 Å². The van der Waals surface area contributed by atoms with E-state index in [-0.39, 0.29) is 0 Å². The average Bonchev–Trinajstić information content (AvgIpc) is 2.66. The molecule has 0 N–H and O–H groups in total. The minimum atomic E-state index is -0.490. The Hall–Kier alpha value is -3.11. The molecular formula is C21H16ClNO3. The van der Waals surface area contributed by atoms with Gasteiger partial charge in [-0.15, -0.1) is 0 Å². The SMILES string of the molecule is O=[N+]([O-])/C=C/c1ccc(OCc2ccccc2)cc1-c1ccccc1Cl. The highest BCUT2D eigenvalue weighted by molar-refractivity contribution is 6.33. The smallest absolute Gasteiger partial charge is 0.235 e. The molecule has 26 heavy (non-hydrogen) atoms. The van der Waals surface area contributed by atoms with Crippen molar-refractivity contribution in [3.8, 4) is 16.9 Å². The van der Waals surface area contributed by atoms with Crippen LogP contribution < -0.4 is 4.74 Å². The third-order valence-electron chi connectivity index (χ3n) is 3.81. The van der Waals surface area contributed by atoms with Crippen LogP contribution in [0, 0.1) is 10.1 Å². The number of ether oxygens (including phenoxy) is 1. The van der Waals surface area contributed by atoms with Gasteiger partial charge >= 0.3 is 0 Å². The Labute approximate surface area is 156 Å². The Kier molecular flexibility index (Phi) is 5.66. The predicted molar refractivity (Wildman–Crippen MR) is 104 cm³/mol. The van der Waals surface area contributed by atoms with Crippen molar-refractivity contribution in [3.05, 3.63) is 105 Å². The summed E-state index contributed by atoms with van der Waals surface area (Å²) in [4.78, 5) is 10.2. The van der Waals surface area contributed by atoms with E-state index in [2.05, 4.69) is 0 Å². The largest absolute Gasteiger partial charge is 0.489 e. The maximum Gasteiger partial charge on any atom is 0.235 e. The summed E-state index contributed by atoms with van der Waals surface area (Å²) in [5.41, 5.74) is 3.33. The third kappa shape index (κ3) is 4.49. The van der Waals surface area contributed by atoms with Crippen LogP contribution in [0.2, 0.25) is 5.02 Å². The van der Waals surface area contributed by atoms with E-state index < -0.39 is 4.92 Å². The topological polar surface area (TPSA) is 52.4 Å². The number of nitro groups is 1. The summed E-state index contributed by atoms with van der Waals surface area (Å²) in [6.45, 7) is 0.437. The van der Waals surface area contributed by atoms with Crippen molar-refractivity contribution >= 4 is 17.7 Å². The van der Waals surface area contributed by atoms with Crippen molar-refractivity contribution in [3.63, 3.8) is 0 Å². The van der Waals surface area contributed by atoms with Gasteiger partial charge in [-0.1, -0.05) is 66.2 Å². The maximum absolute atomic E-state index is 10.7. The summed E-state index contributed by atoms with van der Waals surface area (Å²) >= 11 is 6.32. The fraction of sp³-hybridized carbons (Fsp3) is 0.0476. The standard InChI is InChI=1S/C21H16ClNO3/c22-21-9-5-4-8-19(21)20-14-18(11-10-17(20)12-13-23(24)25)26-15-16-6-2-1-3-7-16/h1-14H,15H2/b13-12+. The van der Waals surface area contributed by atoms with Gasteiger partial charge in [-0.2, -0.15) is 0 Å². The molecule has 3 aromatic rings. The number of rotatable bonds is 6. The summed E-state index contributed by atoms with van der Waals surface area (Å²) in [6, 6.07) is 22.7. The molecule has 0 atom stereocenters. The lowest BCUT2D eigenvalue weighted by molar-refractivity contribution is -0.400. The van der Waals surface area contributed by atoms with Gasteiger partial charge in [-0.3, -0.25) is 10.1 Å². The van der Waals surface area contributed by atoms with Crippen molar-refractivity contribution in [1.82, 2.24) is 0 Å². The summed E-state index contributed by atoms with van der Waals surface area (Å²) in [6.07, 6.45) is 2.37. The highest BCUT2D eigenvalue weighted by Gasteiger charge is 2.10. The molecule has 3 rings (SSSR count). The molecule has 3 aromatic carbocycles. The lowest BCUT2D eigenvalue weighted by atomic mass is 9.99. The highest BCUT2D eigenvalue weighted by atomic mass is 35.5. The van der Waals surface area contributed by atoms with Crippen molar-refractivity contribution in [2.75, 3.05) is 0 Å². The molecule has 0 spiro atoms. The van der Waals surface area contributed by atoms with Gasteiger partial charge in [0.1, 0.15) is 12.4 Å². The van der Waals surface area contributed by atoms with Gasteiger partial charge in [0.25, 0.3) is 0 Å². The molecule has 0 aromatic heterocycles. The summed E-state index contributed by atoms with van der Waals surface area (Å²) in [5.74, 6) is 0.669. The fourth-order valence-electron chi connectivity index (χ4n) is 2.57. The molecule has 0 saturated heterocycles. The second-order valence-corrected chi connectivity index (χ2v) is 6.01. The van der Waals surface area contributed by atoms with Crippen LogP contribution in [0.25, 0.3) is 17.2 Å². The van der Waals surface area contributed by atoms with E-state index in [1.165, 1.54) is 6.08 Å². The zero-order chi connectivity index (χ0) is 18.4. The highest BCUT2D eigenvalue weighted by Crippen LogP contribution is 2.34. The number of halogens is 1. The Bertz CT molecular complexity index is 939. The molecule has 0 radical (unpaired) electrons. The molecule has 0 amide bonds. The minimum absolute atomic E-state index is 0.437. The molecular weight excluding hydrogens is 350 g/mol. The van der Waals surface area contributed by atoms with Crippen LogP contribution in [0.15, 0.2) is 79.0 Å². The number of hydrogen-bond donors (Lipinski definition) is 0. The molecule has 5 heteroatoms. The Balaban J connectivity index is 1.95. The molecule has 0 fully saturated rings. The maximum atomic E-state index is 10.7.